The molecule has 0 fully saturated rings. The maximum atomic E-state index is 6.09. The Bertz CT molecular complexity index is 739. The van der Waals surface area contributed by atoms with Gasteiger partial charge >= 0.3 is 0 Å². The highest BCUT2D eigenvalue weighted by molar-refractivity contribution is 7.22. The number of hydrogen-bond donors (Lipinski definition) is 0. The Labute approximate surface area is 140 Å². The average Bonchev–Trinajstić information content (AvgIpc) is 2.95. The number of aromatic nitrogens is 1. The molecule has 0 amide bonds. The molecule has 0 saturated heterocycles. The molecule has 0 aliphatic rings. The molecule has 0 bridgehead atoms. The fourth-order valence-electron chi connectivity index (χ4n) is 2.42. The number of benzene rings is 2. The molecule has 0 atom stereocenters. The molecule has 2 aromatic carbocycles. The molecule has 114 valence electrons. The molecule has 0 N–H and O–H groups in total. The number of unbranched alkanes of at least 4 members (excludes halogenated alkanes) is 1. The van der Waals surface area contributed by atoms with Crippen molar-refractivity contribution in [1.82, 2.24) is 4.98 Å². The minimum absolute atomic E-state index is 0.769. The van der Waals surface area contributed by atoms with Gasteiger partial charge in [0.15, 0.2) is 5.13 Å². The zero-order chi connectivity index (χ0) is 15.4. The van der Waals surface area contributed by atoms with E-state index in [1.165, 1.54) is 18.4 Å². The third-order valence-electron chi connectivity index (χ3n) is 3.61. The van der Waals surface area contributed by atoms with Gasteiger partial charge in [-0.2, -0.15) is 0 Å². The Hall–Kier alpha value is -1.58. The van der Waals surface area contributed by atoms with Crippen molar-refractivity contribution in [3.05, 3.63) is 59.1 Å². The standard InChI is InChI=1S/C18H19ClN2S/c1-2-3-11-21(13-14-7-5-4-6-8-14)18-20-16-10-9-15(19)12-17(16)22-18/h4-10,12H,2-3,11,13H2,1H3. The van der Waals surface area contributed by atoms with Gasteiger partial charge < -0.3 is 4.90 Å². The summed E-state index contributed by atoms with van der Waals surface area (Å²) in [4.78, 5) is 7.16. The van der Waals surface area contributed by atoms with Crippen LogP contribution < -0.4 is 4.90 Å². The minimum atomic E-state index is 0.769. The summed E-state index contributed by atoms with van der Waals surface area (Å²) in [5.41, 5.74) is 2.34. The second-order valence-electron chi connectivity index (χ2n) is 5.37. The van der Waals surface area contributed by atoms with Crippen molar-refractivity contribution >= 4 is 38.3 Å². The minimum Gasteiger partial charge on any atom is -0.344 e. The van der Waals surface area contributed by atoms with Crippen molar-refractivity contribution in [3.8, 4) is 0 Å². The number of thiazole rings is 1. The Morgan fingerprint density at radius 2 is 1.95 bits per heavy atom. The molecule has 1 heterocycles. The van der Waals surface area contributed by atoms with Crippen LogP contribution in [0.4, 0.5) is 5.13 Å². The molecule has 0 unspecified atom stereocenters. The lowest BCUT2D eigenvalue weighted by atomic mass is 10.2. The van der Waals surface area contributed by atoms with Crippen molar-refractivity contribution in [1.29, 1.82) is 0 Å². The third kappa shape index (κ3) is 3.60. The van der Waals surface area contributed by atoms with Crippen LogP contribution in [0, 0.1) is 0 Å². The van der Waals surface area contributed by atoms with E-state index >= 15 is 0 Å². The summed E-state index contributed by atoms with van der Waals surface area (Å²) in [6.07, 6.45) is 2.35. The Morgan fingerprint density at radius 1 is 1.14 bits per heavy atom. The highest BCUT2D eigenvalue weighted by atomic mass is 35.5. The average molecular weight is 331 g/mol. The zero-order valence-corrected chi connectivity index (χ0v) is 14.2. The van der Waals surface area contributed by atoms with Crippen LogP contribution in [-0.2, 0) is 6.54 Å². The van der Waals surface area contributed by atoms with Crippen LogP contribution in [0.3, 0.4) is 0 Å². The smallest absolute Gasteiger partial charge is 0.186 e. The van der Waals surface area contributed by atoms with E-state index in [0.29, 0.717) is 0 Å². The number of nitrogens with zero attached hydrogens (tertiary/aromatic N) is 2. The molecule has 0 aliphatic carbocycles. The first kappa shape index (κ1) is 15.3. The molecule has 1 aromatic heterocycles. The summed E-state index contributed by atoms with van der Waals surface area (Å²) in [6.45, 7) is 4.15. The molecular weight excluding hydrogens is 312 g/mol. The normalized spacial score (nSPS) is 11.0. The van der Waals surface area contributed by atoms with Gasteiger partial charge in [0, 0.05) is 18.1 Å². The van der Waals surface area contributed by atoms with Crippen LogP contribution in [0.1, 0.15) is 25.3 Å². The lowest BCUT2D eigenvalue weighted by Crippen LogP contribution is -2.23. The van der Waals surface area contributed by atoms with Crippen LogP contribution in [0.5, 0.6) is 0 Å². The fourth-order valence-corrected chi connectivity index (χ4v) is 3.68. The molecule has 2 nitrogen and oxygen atoms in total. The van der Waals surface area contributed by atoms with E-state index in [0.717, 1.165) is 33.5 Å². The number of halogens is 1. The molecule has 0 aliphatic heterocycles. The summed E-state index contributed by atoms with van der Waals surface area (Å²) >= 11 is 7.81. The molecule has 0 saturated carbocycles. The van der Waals surface area contributed by atoms with Crippen LogP contribution >= 0.6 is 22.9 Å². The number of anilines is 1. The van der Waals surface area contributed by atoms with E-state index in [2.05, 4.69) is 42.2 Å². The number of hydrogen-bond acceptors (Lipinski definition) is 3. The first-order chi connectivity index (χ1) is 10.8. The summed E-state index contributed by atoms with van der Waals surface area (Å²) in [7, 11) is 0. The van der Waals surface area contributed by atoms with Gasteiger partial charge in [0.25, 0.3) is 0 Å². The highest BCUT2D eigenvalue weighted by Gasteiger charge is 2.12. The molecule has 0 radical (unpaired) electrons. The van der Waals surface area contributed by atoms with E-state index in [9.17, 15) is 0 Å². The van der Waals surface area contributed by atoms with Gasteiger partial charge in [-0.3, -0.25) is 0 Å². The van der Waals surface area contributed by atoms with E-state index < -0.39 is 0 Å². The van der Waals surface area contributed by atoms with E-state index in [-0.39, 0.29) is 0 Å². The maximum Gasteiger partial charge on any atom is 0.186 e. The molecule has 4 heteroatoms. The van der Waals surface area contributed by atoms with Crippen molar-refractivity contribution in [2.24, 2.45) is 0 Å². The fraction of sp³-hybridized carbons (Fsp3) is 0.278. The predicted octanol–water partition coefficient (Wildman–Crippen LogP) is 5.76. The quantitative estimate of drug-likeness (QED) is 0.571. The van der Waals surface area contributed by atoms with Crippen molar-refractivity contribution in [2.45, 2.75) is 26.3 Å². The van der Waals surface area contributed by atoms with Gasteiger partial charge in [-0.05, 0) is 30.2 Å². The van der Waals surface area contributed by atoms with Gasteiger partial charge in [-0.15, -0.1) is 0 Å². The predicted molar refractivity (Wildman–Crippen MR) is 97.0 cm³/mol. The zero-order valence-electron chi connectivity index (χ0n) is 12.6. The van der Waals surface area contributed by atoms with Crippen LogP contribution in [0.2, 0.25) is 5.02 Å². The molecule has 22 heavy (non-hydrogen) atoms. The Kier molecular flexibility index (Phi) is 4.96. The Morgan fingerprint density at radius 3 is 2.73 bits per heavy atom. The molecule has 3 rings (SSSR count). The van der Waals surface area contributed by atoms with Crippen molar-refractivity contribution in [3.63, 3.8) is 0 Å². The van der Waals surface area contributed by atoms with E-state index in [1.807, 2.05) is 18.2 Å². The van der Waals surface area contributed by atoms with E-state index in [4.69, 9.17) is 16.6 Å². The van der Waals surface area contributed by atoms with Crippen LogP contribution in [-0.4, -0.2) is 11.5 Å². The molecule has 3 aromatic rings. The summed E-state index contributed by atoms with van der Waals surface area (Å²) in [5.74, 6) is 0. The van der Waals surface area contributed by atoms with Crippen LogP contribution in [0.15, 0.2) is 48.5 Å². The van der Waals surface area contributed by atoms with Gasteiger partial charge in [0.2, 0.25) is 0 Å². The molecule has 0 spiro atoms. The van der Waals surface area contributed by atoms with E-state index in [1.54, 1.807) is 11.3 Å². The topological polar surface area (TPSA) is 16.1 Å². The van der Waals surface area contributed by atoms with Crippen molar-refractivity contribution < 1.29 is 0 Å². The first-order valence-electron chi connectivity index (χ1n) is 7.61. The number of fused-ring (bicyclic) bond motifs is 1. The first-order valence-corrected chi connectivity index (χ1v) is 8.80. The lowest BCUT2D eigenvalue weighted by Gasteiger charge is -2.21. The van der Waals surface area contributed by atoms with Gasteiger partial charge in [0.1, 0.15) is 0 Å². The summed E-state index contributed by atoms with van der Waals surface area (Å²) < 4.78 is 1.15. The maximum absolute atomic E-state index is 6.09. The summed E-state index contributed by atoms with van der Waals surface area (Å²) in [6, 6.07) is 16.5. The molecular formula is C18H19ClN2S. The van der Waals surface area contributed by atoms with Crippen LogP contribution in [0.25, 0.3) is 10.2 Å². The Balaban J connectivity index is 1.89. The third-order valence-corrected chi connectivity index (χ3v) is 4.92. The van der Waals surface area contributed by atoms with Gasteiger partial charge in [-0.25, -0.2) is 4.98 Å². The van der Waals surface area contributed by atoms with Gasteiger partial charge in [0.05, 0.1) is 10.2 Å². The van der Waals surface area contributed by atoms with Crippen molar-refractivity contribution in [2.75, 3.05) is 11.4 Å². The van der Waals surface area contributed by atoms with Gasteiger partial charge in [-0.1, -0.05) is 66.6 Å². The second kappa shape index (κ2) is 7.12. The number of rotatable bonds is 6. The second-order valence-corrected chi connectivity index (χ2v) is 6.81. The summed E-state index contributed by atoms with van der Waals surface area (Å²) in [5, 5.41) is 1.85. The monoisotopic (exact) mass is 330 g/mol. The largest absolute Gasteiger partial charge is 0.344 e. The highest BCUT2D eigenvalue weighted by Crippen LogP contribution is 2.31. The SMILES string of the molecule is CCCCN(Cc1ccccc1)c1nc2ccc(Cl)cc2s1. The lowest BCUT2D eigenvalue weighted by molar-refractivity contribution is 0.714.